The molecule has 0 amide bonds. The number of nitrogens with two attached hydrogens (primary N) is 2. The third kappa shape index (κ3) is 2.24. The minimum Gasteiger partial charge on any atom is -0.383 e. The van der Waals surface area contributed by atoms with Gasteiger partial charge in [0.1, 0.15) is 10.7 Å². The van der Waals surface area contributed by atoms with Crippen molar-refractivity contribution < 1.29 is 8.42 Å². The Labute approximate surface area is 52.9 Å². The zero-order valence-electron chi connectivity index (χ0n) is 4.59. The largest absolute Gasteiger partial charge is 0.383 e. The van der Waals surface area contributed by atoms with Gasteiger partial charge in [-0.2, -0.15) is 0 Å². The molecule has 0 saturated carbocycles. The van der Waals surface area contributed by atoms with Crippen LogP contribution in [0.5, 0.6) is 0 Å². The second-order valence-electron chi connectivity index (χ2n) is 1.38. The second-order valence-corrected chi connectivity index (χ2v) is 2.96. The lowest BCUT2D eigenvalue weighted by molar-refractivity contribution is 0.605. The van der Waals surface area contributed by atoms with Crippen LogP contribution >= 0.6 is 0 Å². The summed E-state index contributed by atoms with van der Waals surface area (Å²) < 4.78 is 20.5. The van der Waals surface area contributed by atoms with E-state index >= 15 is 0 Å². The Kier molecular flexibility index (Phi) is 1.95. The van der Waals surface area contributed by atoms with E-state index in [1.807, 2.05) is 0 Å². The van der Waals surface area contributed by atoms with Gasteiger partial charge < -0.3 is 5.73 Å². The van der Waals surface area contributed by atoms with Gasteiger partial charge in [-0.15, -0.1) is 0 Å². The first-order valence-electron chi connectivity index (χ1n) is 1.92. The molecular formula is C3H7N3O2S. The zero-order chi connectivity index (χ0) is 7.65. The van der Waals surface area contributed by atoms with Crippen molar-refractivity contribution in [3.63, 3.8) is 0 Å². The van der Waals surface area contributed by atoms with Crippen molar-refractivity contribution in [1.29, 1.82) is 5.41 Å². The smallest absolute Gasteiger partial charge is 0.241 e. The fourth-order valence-electron chi connectivity index (χ4n) is 0.153. The molecule has 0 saturated heterocycles. The van der Waals surface area contributed by atoms with Crippen LogP contribution < -0.4 is 10.9 Å². The summed E-state index contributed by atoms with van der Waals surface area (Å²) in [7, 11) is -3.85. The predicted molar refractivity (Wildman–Crippen MR) is 34.2 cm³/mol. The van der Waals surface area contributed by atoms with Crippen LogP contribution in [0.4, 0.5) is 0 Å². The van der Waals surface area contributed by atoms with Crippen molar-refractivity contribution in [3.8, 4) is 0 Å². The van der Waals surface area contributed by atoms with Gasteiger partial charge in [0.15, 0.2) is 0 Å². The fourth-order valence-corrected chi connectivity index (χ4v) is 0.460. The molecule has 0 fully saturated rings. The van der Waals surface area contributed by atoms with E-state index in [2.05, 4.69) is 11.7 Å². The van der Waals surface area contributed by atoms with E-state index in [0.717, 1.165) is 0 Å². The molecule has 0 aliphatic rings. The van der Waals surface area contributed by atoms with Crippen molar-refractivity contribution in [1.82, 2.24) is 0 Å². The molecule has 9 heavy (non-hydrogen) atoms. The van der Waals surface area contributed by atoms with Crippen LogP contribution in [0, 0.1) is 5.41 Å². The van der Waals surface area contributed by atoms with Gasteiger partial charge in [0.25, 0.3) is 0 Å². The lowest BCUT2D eigenvalue weighted by atomic mass is 10.6. The van der Waals surface area contributed by atoms with Gasteiger partial charge in [0.05, 0.1) is 0 Å². The summed E-state index contributed by atoms with van der Waals surface area (Å²) in [6.45, 7) is 2.96. The minimum absolute atomic E-state index is 0.553. The predicted octanol–water partition coefficient (Wildman–Crippen LogP) is -1.28. The van der Waals surface area contributed by atoms with Crippen LogP contribution in [0.1, 0.15) is 0 Å². The molecule has 0 aliphatic heterocycles. The molecule has 0 aromatic carbocycles. The number of sulfonamides is 1. The van der Waals surface area contributed by atoms with Gasteiger partial charge in [-0.25, -0.2) is 13.6 Å². The topological polar surface area (TPSA) is 110 Å². The molecule has 5 N–H and O–H groups in total. The van der Waals surface area contributed by atoms with E-state index in [-0.39, 0.29) is 0 Å². The first-order chi connectivity index (χ1) is 3.85. The van der Waals surface area contributed by atoms with Crippen LogP contribution in [0.2, 0.25) is 0 Å². The Morgan fingerprint density at radius 1 is 1.56 bits per heavy atom. The first kappa shape index (κ1) is 8.12. The van der Waals surface area contributed by atoms with Gasteiger partial charge in [-0.1, -0.05) is 6.58 Å². The van der Waals surface area contributed by atoms with Crippen molar-refractivity contribution >= 4 is 15.9 Å². The number of amidine groups is 1. The number of hydrogen-bond acceptors (Lipinski definition) is 3. The molecule has 0 aromatic rings. The molecule has 5 nitrogen and oxygen atoms in total. The third-order valence-electron chi connectivity index (χ3n) is 0.644. The van der Waals surface area contributed by atoms with Gasteiger partial charge in [0, 0.05) is 0 Å². The monoisotopic (exact) mass is 149 g/mol. The maximum absolute atomic E-state index is 10.2. The maximum atomic E-state index is 10.2. The Balaban J connectivity index is 4.66. The Bertz CT molecular complexity index is 240. The lowest BCUT2D eigenvalue weighted by Gasteiger charge is -1.96. The first-order valence-corrected chi connectivity index (χ1v) is 3.46. The summed E-state index contributed by atoms with van der Waals surface area (Å²) in [4.78, 5) is -0.553. The highest BCUT2D eigenvalue weighted by atomic mass is 32.2. The SMILES string of the molecule is C=C(C(=N)N)S(N)(=O)=O. The van der Waals surface area contributed by atoms with E-state index in [0.29, 0.717) is 0 Å². The van der Waals surface area contributed by atoms with Gasteiger partial charge in [0.2, 0.25) is 10.0 Å². The summed E-state index contributed by atoms with van der Waals surface area (Å²) in [6, 6.07) is 0. The van der Waals surface area contributed by atoms with Crippen LogP contribution in [0.25, 0.3) is 0 Å². The molecule has 0 aliphatic carbocycles. The van der Waals surface area contributed by atoms with Gasteiger partial charge in [-0.05, 0) is 0 Å². The Morgan fingerprint density at radius 2 is 1.89 bits per heavy atom. The molecule has 0 unspecified atom stereocenters. The minimum atomic E-state index is -3.85. The second kappa shape index (κ2) is 2.16. The molecule has 0 rings (SSSR count). The van der Waals surface area contributed by atoms with Crippen LogP contribution in [-0.2, 0) is 10.0 Å². The molecule has 0 bridgehead atoms. The molecule has 0 spiro atoms. The normalized spacial score (nSPS) is 10.8. The number of hydrogen-bond donors (Lipinski definition) is 3. The molecule has 6 heteroatoms. The molecule has 52 valence electrons. The average Bonchev–Trinajstić information content (AvgIpc) is 1.62. The molecule has 0 atom stereocenters. The maximum Gasteiger partial charge on any atom is 0.241 e. The number of primary sulfonamides is 1. The highest BCUT2D eigenvalue weighted by molar-refractivity contribution is 7.94. The van der Waals surface area contributed by atoms with E-state index in [9.17, 15) is 8.42 Å². The van der Waals surface area contributed by atoms with E-state index in [1.54, 1.807) is 0 Å². The van der Waals surface area contributed by atoms with E-state index in [4.69, 9.17) is 11.1 Å². The quantitative estimate of drug-likeness (QED) is 0.336. The van der Waals surface area contributed by atoms with E-state index < -0.39 is 20.8 Å². The van der Waals surface area contributed by atoms with Gasteiger partial charge >= 0.3 is 0 Å². The number of nitrogens with one attached hydrogen (secondary N) is 1. The Hall–Kier alpha value is -0.880. The van der Waals surface area contributed by atoms with Crippen molar-refractivity contribution in [2.45, 2.75) is 0 Å². The van der Waals surface area contributed by atoms with E-state index in [1.165, 1.54) is 0 Å². The summed E-state index contributed by atoms with van der Waals surface area (Å²) in [5, 5.41) is 11.1. The molecular weight excluding hydrogens is 142 g/mol. The fraction of sp³-hybridized carbons (Fsp3) is 0. The standard InChI is InChI=1S/C3H7N3O2S/c1-2(3(4)5)9(6,7)8/h1H2,(H3,4,5)(H2,6,7,8). The summed E-state index contributed by atoms with van der Waals surface area (Å²) in [5.74, 6) is -0.627. The van der Waals surface area contributed by atoms with Crippen molar-refractivity contribution in [2.24, 2.45) is 10.9 Å². The van der Waals surface area contributed by atoms with Crippen molar-refractivity contribution in [2.75, 3.05) is 0 Å². The average molecular weight is 149 g/mol. The summed E-state index contributed by atoms with van der Waals surface area (Å²) in [6.07, 6.45) is 0. The Morgan fingerprint density at radius 3 is 1.89 bits per heavy atom. The van der Waals surface area contributed by atoms with Crippen molar-refractivity contribution in [3.05, 3.63) is 11.5 Å². The molecule has 0 aromatic heterocycles. The highest BCUT2D eigenvalue weighted by Gasteiger charge is 2.10. The lowest BCUT2D eigenvalue weighted by Crippen LogP contribution is -2.24. The molecule has 0 radical (unpaired) electrons. The summed E-state index contributed by atoms with van der Waals surface area (Å²) >= 11 is 0. The zero-order valence-corrected chi connectivity index (χ0v) is 5.40. The summed E-state index contributed by atoms with van der Waals surface area (Å²) in [5.41, 5.74) is 4.75. The van der Waals surface area contributed by atoms with Crippen LogP contribution in [0.15, 0.2) is 11.5 Å². The van der Waals surface area contributed by atoms with Crippen LogP contribution in [-0.4, -0.2) is 14.3 Å². The van der Waals surface area contributed by atoms with Gasteiger partial charge in [-0.3, -0.25) is 5.41 Å². The van der Waals surface area contributed by atoms with Crippen LogP contribution in [0.3, 0.4) is 0 Å². The highest BCUT2D eigenvalue weighted by Crippen LogP contribution is 1.93. The number of rotatable bonds is 2. The molecule has 0 heterocycles. The third-order valence-corrected chi connectivity index (χ3v) is 1.55.